The molecule has 0 aliphatic carbocycles. The van der Waals surface area contributed by atoms with E-state index < -0.39 is 10.0 Å². The first-order valence-corrected chi connectivity index (χ1v) is 8.51. The van der Waals surface area contributed by atoms with E-state index in [1.807, 2.05) is 0 Å². The topological polar surface area (TPSA) is 72.6 Å². The fraction of sp³-hybridized carbons (Fsp3) is 0.571. The lowest BCUT2D eigenvalue weighted by Gasteiger charge is -2.31. The Balaban J connectivity index is 1.87. The average Bonchev–Trinajstić information content (AvgIpc) is 2.94. The summed E-state index contributed by atoms with van der Waals surface area (Å²) in [5.74, 6) is 1.08. The van der Waals surface area contributed by atoms with Crippen molar-refractivity contribution in [3.8, 4) is 5.75 Å². The fourth-order valence-corrected chi connectivity index (χ4v) is 4.52. The second kappa shape index (κ2) is 5.35. The van der Waals surface area contributed by atoms with E-state index in [1.165, 1.54) is 0 Å². The normalized spacial score (nSPS) is 23.4. The molecule has 2 N–H and O–H groups in total. The number of hydrogen-bond acceptors (Lipinski definition) is 4. The highest BCUT2D eigenvalue weighted by Crippen LogP contribution is 2.30. The quantitative estimate of drug-likeness (QED) is 0.902. The van der Waals surface area contributed by atoms with Gasteiger partial charge in [0.25, 0.3) is 0 Å². The van der Waals surface area contributed by atoms with E-state index in [0.717, 1.165) is 30.6 Å². The Morgan fingerprint density at radius 3 is 3.05 bits per heavy atom. The van der Waals surface area contributed by atoms with Crippen LogP contribution in [0.1, 0.15) is 18.4 Å². The van der Waals surface area contributed by atoms with E-state index >= 15 is 0 Å². The third kappa shape index (κ3) is 2.43. The molecule has 5 nitrogen and oxygen atoms in total. The van der Waals surface area contributed by atoms with Gasteiger partial charge in [-0.3, -0.25) is 0 Å². The number of benzene rings is 1. The number of fused-ring (bicyclic) bond motifs is 1. The molecule has 2 aliphatic heterocycles. The Hall–Kier alpha value is -1.11. The average molecular weight is 296 g/mol. The molecule has 1 unspecified atom stereocenters. The molecule has 6 heteroatoms. The lowest BCUT2D eigenvalue weighted by atomic mass is 10.0. The van der Waals surface area contributed by atoms with Crippen molar-refractivity contribution in [3.63, 3.8) is 0 Å². The Morgan fingerprint density at radius 1 is 1.40 bits per heavy atom. The molecule has 2 heterocycles. The molecule has 3 rings (SSSR count). The molecule has 1 saturated heterocycles. The molecule has 0 saturated carbocycles. The zero-order chi connectivity index (χ0) is 14.2. The lowest BCUT2D eigenvalue weighted by molar-refractivity contribution is 0.271. The van der Waals surface area contributed by atoms with Crippen molar-refractivity contribution in [2.75, 3.05) is 26.2 Å². The molecule has 1 aromatic rings. The highest BCUT2D eigenvalue weighted by molar-refractivity contribution is 7.89. The number of nitrogens with two attached hydrogens (primary N) is 1. The van der Waals surface area contributed by atoms with Crippen LogP contribution in [0.2, 0.25) is 0 Å². The molecule has 0 bridgehead atoms. The number of nitrogens with zero attached hydrogens (tertiary/aromatic N) is 1. The Kier molecular flexibility index (Phi) is 3.70. The van der Waals surface area contributed by atoms with Crippen LogP contribution >= 0.6 is 0 Å². The summed E-state index contributed by atoms with van der Waals surface area (Å²) in [5.41, 5.74) is 6.67. The van der Waals surface area contributed by atoms with Crippen LogP contribution in [0.25, 0.3) is 0 Å². The summed E-state index contributed by atoms with van der Waals surface area (Å²) < 4.78 is 32.4. The molecule has 1 aromatic carbocycles. The highest BCUT2D eigenvalue weighted by atomic mass is 32.2. The van der Waals surface area contributed by atoms with E-state index in [1.54, 1.807) is 22.5 Å². The van der Waals surface area contributed by atoms with Gasteiger partial charge in [-0.05, 0) is 49.1 Å². The van der Waals surface area contributed by atoms with Gasteiger partial charge in [0.1, 0.15) is 5.75 Å². The van der Waals surface area contributed by atoms with Gasteiger partial charge in [0.2, 0.25) is 10.0 Å². The van der Waals surface area contributed by atoms with E-state index in [2.05, 4.69) is 0 Å². The number of piperidine rings is 1. The summed E-state index contributed by atoms with van der Waals surface area (Å²) in [6, 6.07) is 5.16. The van der Waals surface area contributed by atoms with Gasteiger partial charge in [0.05, 0.1) is 11.5 Å². The first-order valence-electron chi connectivity index (χ1n) is 7.07. The Labute approximate surface area is 119 Å². The number of sulfonamides is 1. The number of hydrogen-bond donors (Lipinski definition) is 1. The van der Waals surface area contributed by atoms with Gasteiger partial charge in [-0.2, -0.15) is 4.31 Å². The molecule has 20 heavy (non-hydrogen) atoms. The van der Waals surface area contributed by atoms with Crippen LogP contribution < -0.4 is 10.5 Å². The number of ether oxygens (including phenoxy) is 1. The van der Waals surface area contributed by atoms with Crippen molar-refractivity contribution < 1.29 is 13.2 Å². The van der Waals surface area contributed by atoms with Gasteiger partial charge >= 0.3 is 0 Å². The summed E-state index contributed by atoms with van der Waals surface area (Å²) in [7, 11) is -3.40. The van der Waals surface area contributed by atoms with E-state index in [9.17, 15) is 8.42 Å². The van der Waals surface area contributed by atoms with Crippen molar-refractivity contribution in [1.82, 2.24) is 4.31 Å². The van der Waals surface area contributed by atoms with Crippen LogP contribution in [0.4, 0.5) is 0 Å². The maximum atomic E-state index is 12.7. The SMILES string of the molecule is NCC1CCCN(S(=O)(=O)c2ccc3c(c2)CCO3)C1. The monoisotopic (exact) mass is 296 g/mol. The summed E-state index contributed by atoms with van der Waals surface area (Å²) >= 11 is 0. The number of rotatable bonds is 3. The van der Waals surface area contributed by atoms with Gasteiger partial charge in [0.15, 0.2) is 0 Å². The van der Waals surface area contributed by atoms with E-state index in [4.69, 9.17) is 10.5 Å². The van der Waals surface area contributed by atoms with Crippen molar-refractivity contribution in [2.45, 2.75) is 24.2 Å². The second-order valence-corrected chi connectivity index (χ2v) is 7.41. The molecular weight excluding hydrogens is 276 g/mol. The van der Waals surface area contributed by atoms with Gasteiger partial charge in [-0.1, -0.05) is 0 Å². The summed E-state index contributed by atoms with van der Waals surface area (Å²) in [6.45, 7) is 2.31. The maximum absolute atomic E-state index is 12.7. The Bertz CT molecular complexity index is 600. The second-order valence-electron chi connectivity index (χ2n) is 5.47. The van der Waals surface area contributed by atoms with Crippen LogP contribution in [-0.4, -0.2) is 39.0 Å². The third-order valence-corrected chi connectivity index (χ3v) is 5.97. The smallest absolute Gasteiger partial charge is 0.243 e. The molecule has 2 aliphatic rings. The summed E-state index contributed by atoms with van der Waals surface area (Å²) in [4.78, 5) is 0.374. The first kappa shape index (κ1) is 13.9. The third-order valence-electron chi connectivity index (χ3n) is 4.11. The van der Waals surface area contributed by atoms with Crippen LogP contribution in [0.5, 0.6) is 5.75 Å². The predicted octanol–water partition coefficient (Wildman–Crippen LogP) is 0.981. The molecule has 1 fully saturated rings. The predicted molar refractivity (Wildman–Crippen MR) is 76.2 cm³/mol. The van der Waals surface area contributed by atoms with Crippen LogP contribution in [0.15, 0.2) is 23.1 Å². The van der Waals surface area contributed by atoms with E-state index in [-0.39, 0.29) is 5.92 Å². The maximum Gasteiger partial charge on any atom is 0.243 e. The summed E-state index contributed by atoms with van der Waals surface area (Å²) in [5, 5.41) is 0. The van der Waals surface area contributed by atoms with Gasteiger partial charge in [-0.25, -0.2) is 8.42 Å². The molecule has 0 amide bonds. The van der Waals surface area contributed by atoms with Crippen molar-refractivity contribution in [2.24, 2.45) is 11.7 Å². The molecule has 110 valence electrons. The minimum Gasteiger partial charge on any atom is -0.493 e. The van der Waals surface area contributed by atoms with Crippen molar-refractivity contribution in [3.05, 3.63) is 23.8 Å². The van der Waals surface area contributed by atoms with Crippen LogP contribution in [0.3, 0.4) is 0 Å². The van der Waals surface area contributed by atoms with E-state index in [0.29, 0.717) is 31.1 Å². The summed E-state index contributed by atoms with van der Waals surface area (Å²) in [6.07, 6.45) is 2.68. The molecule has 0 radical (unpaired) electrons. The molecular formula is C14H20N2O3S. The molecule has 1 atom stereocenters. The van der Waals surface area contributed by atoms with Crippen LogP contribution in [-0.2, 0) is 16.4 Å². The minimum absolute atomic E-state index is 0.274. The van der Waals surface area contributed by atoms with Crippen molar-refractivity contribution in [1.29, 1.82) is 0 Å². The van der Waals surface area contributed by atoms with Crippen molar-refractivity contribution >= 4 is 10.0 Å². The minimum atomic E-state index is -3.40. The zero-order valence-corrected chi connectivity index (χ0v) is 12.2. The largest absolute Gasteiger partial charge is 0.493 e. The molecule has 0 spiro atoms. The standard InChI is InChI=1S/C14H20N2O3S/c15-9-11-2-1-6-16(10-11)20(17,18)13-3-4-14-12(8-13)5-7-19-14/h3-4,8,11H,1-2,5-7,9-10,15H2. The van der Waals surface area contributed by atoms with Gasteiger partial charge in [-0.15, -0.1) is 0 Å². The van der Waals surface area contributed by atoms with Gasteiger partial charge < -0.3 is 10.5 Å². The van der Waals surface area contributed by atoms with Crippen LogP contribution in [0, 0.1) is 5.92 Å². The lowest BCUT2D eigenvalue weighted by Crippen LogP contribution is -2.41. The zero-order valence-electron chi connectivity index (χ0n) is 11.4. The highest BCUT2D eigenvalue weighted by Gasteiger charge is 2.30. The first-order chi connectivity index (χ1) is 9.61. The molecule has 0 aromatic heterocycles. The fourth-order valence-electron chi connectivity index (χ4n) is 2.91. The van der Waals surface area contributed by atoms with Gasteiger partial charge in [0, 0.05) is 19.5 Å². The Morgan fingerprint density at radius 2 is 2.25 bits per heavy atom.